The number of hydrogen-bond acceptors (Lipinski definition) is 6. The van der Waals surface area contributed by atoms with Gasteiger partial charge in [-0.15, -0.1) is 11.3 Å². The molecular formula is C23H26FN5OS. The fourth-order valence-electron chi connectivity index (χ4n) is 3.83. The third-order valence-electron chi connectivity index (χ3n) is 5.22. The number of nitrogens with one attached hydrogen (secondary N) is 1. The Morgan fingerprint density at radius 3 is 2.84 bits per heavy atom. The van der Waals surface area contributed by atoms with Crippen molar-refractivity contribution < 1.29 is 9.18 Å². The molecule has 3 aromatic rings. The highest BCUT2D eigenvalue weighted by atomic mass is 32.1. The first-order valence-electron chi connectivity index (χ1n) is 10.5. The first-order chi connectivity index (χ1) is 14.9. The summed E-state index contributed by atoms with van der Waals surface area (Å²) >= 11 is 1.56. The number of hydrogen-bond donors (Lipinski definition) is 1. The van der Waals surface area contributed by atoms with Crippen LogP contribution in [-0.2, 0) is 0 Å². The molecule has 6 nitrogen and oxygen atoms in total. The number of anilines is 1. The Morgan fingerprint density at radius 2 is 2.13 bits per heavy atom. The number of halogens is 1. The molecule has 1 aliphatic rings. The summed E-state index contributed by atoms with van der Waals surface area (Å²) < 4.78 is 13.6. The Bertz CT molecular complexity index is 1080. The maximum atomic E-state index is 13.6. The SMILES string of the molecule is Cc1ncc(-c2nc(NC(C)C)cc(C3CCCN(C(=O)c4cccc(F)c4)C3)n2)s1. The van der Waals surface area contributed by atoms with Crippen molar-refractivity contribution in [3.05, 3.63) is 58.6 Å². The summed E-state index contributed by atoms with van der Waals surface area (Å²) in [5.74, 6) is 0.977. The molecule has 0 aliphatic carbocycles. The van der Waals surface area contributed by atoms with Crippen LogP contribution < -0.4 is 5.32 Å². The number of nitrogens with zero attached hydrogens (tertiary/aromatic N) is 4. The maximum absolute atomic E-state index is 13.6. The highest BCUT2D eigenvalue weighted by Gasteiger charge is 2.27. The summed E-state index contributed by atoms with van der Waals surface area (Å²) in [4.78, 5) is 29.5. The number of aryl methyl sites for hydroxylation is 1. The zero-order chi connectivity index (χ0) is 22.0. The molecule has 1 amide bonds. The van der Waals surface area contributed by atoms with Gasteiger partial charge in [-0.1, -0.05) is 6.07 Å². The van der Waals surface area contributed by atoms with E-state index in [9.17, 15) is 9.18 Å². The van der Waals surface area contributed by atoms with Crippen LogP contribution in [0.25, 0.3) is 10.7 Å². The van der Waals surface area contributed by atoms with Gasteiger partial charge in [-0.25, -0.2) is 19.3 Å². The van der Waals surface area contributed by atoms with Gasteiger partial charge in [-0.3, -0.25) is 4.79 Å². The number of benzene rings is 1. The molecule has 0 radical (unpaired) electrons. The third-order valence-corrected chi connectivity index (χ3v) is 6.13. The van der Waals surface area contributed by atoms with E-state index in [-0.39, 0.29) is 17.9 Å². The fraction of sp³-hybridized carbons (Fsp3) is 0.391. The van der Waals surface area contributed by atoms with Crippen molar-refractivity contribution in [2.75, 3.05) is 18.4 Å². The summed E-state index contributed by atoms with van der Waals surface area (Å²) in [6.07, 6.45) is 3.61. The molecule has 1 atom stereocenters. The zero-order valence-electron chi connectivity index (χ0n) is 17.9. The molecule has 162 valence electrons. The molecule has 0 saturated carbocycles. The van der Waals surface area contributed by atoms with Gasteiger partial charge in [0.05, 0.1) is 15.6 Å². The fourth-order valence-corrected chi connectivity index (χ4v) is 4.54. The van der Waals surface area contributed by atoms with E-state index in [1.165, 1.54) is 12.1 Å². The van der Waals surface area contributed by atoms with E-state index >= 15 is 0 Å². The molecule has 3 heterocycles. The Balaban J connectivity index is 1.62. The summed E-state index contributed by atoms with van der Waals surface area (Å²) in [6.45, 7) is 7.31. The van der Waals surface area contributed by atoms with Crippen molar-refractivity contribution in [2.24, 2.45) is 0 Å². The lowest BCUT2D eigenvalue weighted by Gasteiger charge is -2.33. The van der Waals surface area contributed by atoms with E-state index in [2.05, 4.69) is 29.1 Å². The van der Waals surface area contributed by atoms with Crippen LogP contribution in [0.15, 0.2) is 36.5 Å². The summed E-state index contributed by atoms with van der Waals surface area (Å²) in [5, 5.41) is 4.34. The number of likely N-dealkylation sites (tertiary alicyclic amines) is 1. The average Bonchev–Trinajstić information content (AvgIpc) is 3.19. The lowest BCUT2D eigenvalue weighted by molar-refractivity contribution is 0.0705. The number of piperidine rings is 1. The van der Waals surface area contributed by atoms with Gasteiger partial charge in [0.15, 0.2) is 5.82 Å². The van der Waals surface area contributed by atoms with Crippen LogP contribution in [0.1, 0.15) is 53.7 Å². The molecule has 2 aromatic heterocycles. The molecule has 31 heavy (non-hydrogen) atoms. The van der Waals surface area contributed by atoms with Crippen LogP contribution >= 0.6 is 11.3 Å². The predicted molar refractivity (Wildman–Crippen MR) is 121 cm³/mol. The molecule has 1 fully saturated rings. The van der Waals surface area contributed by atoms with E-state index in [0.717, 1.165) is 34.2 Å². The van der Waals surface area contributed by atoms with Crippen molar-refractivity contribution >= 4 is 23.1 Å². The Morgan fingerprint density at radius 1 is 1.29 bits per heavy atom. The van der Waals surface area contributed by atoms with E-state index in [4.69, 9.17) is 4.98 Å². The minimum absolute atomic E-state index is 0.0924. The van der Waals surface area contributed by atoms with Gasteiger partial charge < -0.3 is 10.2 Å². The maximum Gasteiger partial charge on any atom is 0.253 e. The molecule has 1 unspecified atom stereocenters. The van der Waals surface area contributed by atoms with Crippen LogP contribution in [-0.4, -0.2) is 44.9 Å². The van der Waals surface area contributed by atoms with E-state index in [1.54, 1.807) is 34.6 Å². The minimum Gasteiger partial charge on any atom is -0.368 e. The number of amides is 1. The van der Waals surface area contributed by atoms with Gasteiger partial charge in [-0.05, 0) is 51.8 Å². The van der Waals surface area contributed by atoms with E-state index < -0.39 is 5.82 Å². The number of rotatable bonds is 5. The van der Waals surface area contributed by atoms with Crippen LogP contribution in [0.5, 0.6) is 0 Å². The molecule has 0 bridgehead atoms. The molecule has 1 aromatic carbocycles. The summed E-state index contributed by atoms with van der Waals surface area (Å²) in [6, 6.07) is 8.10. The molecule has 1 saturated heterocycles. The van der Waals surface area contributed by atoms with Crippen molar-refractivity contribution in [1.29, 1.82) is 0 Å². The normalized spacial score (nSPS) is 16.5. The smallest absolute Gasteiger partial charge is 0.253 e. The number of aromatic nitrogens is 3. The number of carbonyl (C=O) groups excluding carboxylic acids is 1. The largest absolute Gasteiger partial charge is 0.368 e. The molecule has 1 N–H and O–H groups in total. The zero-order valence-corrected chi connectivity index (χ0v) is 18.7. The number of carbonyl (C=O) groups is 1. The second-order valence-corrected chi connectivity index (χ2v) is 9.38. The second kappa shape index (κ2) is 9.09. The summed E-state index contributed by atoms with van der Waals surface area (Å²) in [5.41, 5.74) is 1.29. The van der Waals surface area contributed by atoms with Gasteiger partial charge in [0.25, 0.3) is 5.91 Å². The van der Waals surface area contributed by atoms with Crippen molar-refractivity contribution in [3.63, 3.8) is 0 Å². The van der Waals surface area contributed by atoms with Gasteiger partial charge in [0.1, 0.15) is 11.6 Å². The molecule has 8 heteroatoms. The topological polar surface area (TPSA) is 71.0 Å². The second-order valence-electron chi connectivity index (χ2n) is 8.14. The molecule has 1 aliphatic heterocycles. The van der Waals surface area contributed by atoms with Gasteiger partial charge in [0.2, 0.25) is 0 Å². The molecule has 4 rings (SSSR count). The van der Waals surface area contributed by atoms with Crippen LogP contribution in [0, 0.1) is 12.7 Å². The van der Waals surface area contributed by atoms with Gasteiger partial charge >= 0.3 is 0 Å². The third kappa shape index (κ3) is 5.07. The van der Waals surface area contributed by atoms with Crippen LogP contribution in [0.2, 0.25) is 0 Å². The van der Waals surface area contributed by atoms with Gasteiger partial charge in [-0.2, -0.15) is 0 Å². The van der Waals surface area contributed by atoms with Crippen molar-refractivity contribution in [3.8, 4) is 10.7 Å². The van der Waals surface area contributed by atoms with E-state index in [0.29, 0.717) is 24.5 Å². The highest BCUT2D eigenvalue weighted by molar-refractivity contribution is 7.14. The Kier molecular flexibility index (Phi) is 6.27. The number of thiazole rings is 1. The van der Waals surface area contributed by atoms with Crippen LogP contribution in [0.4, 0.5) is 10.2 Å². The molecule has 0 spiro atoms. The minimum atomic E-state index is -0.399. The highest BCUT2D eigenvalue weighted by Crippen LogP contribution is 2.31. The standard InChI is InChI=1S/C23H26FN5OS/c1-14(2)26-21-11-19(27-22(28-21)20-12-25-15(3)31-20)17-7-5-9-29(13-17)23(30)16-6-4-8-18(24)10-16/h4,6,8,10-12,14,17H,5,7,9,13H2,1-3H3,(H,26,27,28). The van der Waals surface area contributed by atoms with Crippen LogP contribution in [0.3, 0.4) is 0 Å². The molecular weight excluding hydrogens is 413 g/mol. The first kappa shape index (κ1) is 21.4. The summed E-state index contributed by atoms with van der Waals surface area (Å²) in [7, 11) is 0. The lowest BCUT2D eigenvalue weighted by Crippen LogP contribution is -2.39. The average molecular weight is 440 g/mol. The predicted octanol–water partition coefficient (Wildman–Crippen LogP) is 4.89. The van der Waals surface area contributed by atoms with Crippen molar-refractivity contribution in [2.45, 2.75) is 45.6 Å². The Labute approximate surface area is 185 Å². The monoisotopic (exact) mass is 439 g/mol. The van der Waals surface area contributed by atoms with Gasteiger partial charge in [0, 0.05) is 42.9 Å². The Hall–Kier alpha value is -2.87. The lowest BCUT2D eigenvalue weighted by atomic mass is 9.93. The van der Waals surface area contributed by atoms with Crippen molar-refractivity contribution in [1.82, 2.24) is 19.9 Å². The first-order valence-corrected chi connectivity index (χ1v) is 11.3. The van der Waals surface area contributed by atoms with E-state index in [1.807, 2.05) is 13.0 Å². The quantitative estimate of drug-likeness (QED) is 0.613.